The lowest BCUT2D eigenvalue weighted by Crippen LogP contribution is -2.19. The molecule has 0 aromatic heterocycles. The first-order valence-corrected chi connectivity index (χ1v) is 4.71. The van der Waals surface area contributed by atoms with E-state index >= 15 is 0 Å². The highest BCUT2D eigenvalue weighted by Crippen LogP contribution is 2.26. The van der Waals surface area contributed by atoms with Crippen LogP contribution in [0.1, 0.15) is 0 Å². The highest BCUT2D eigenvalue weighted by Gasteiger charge is 2.09. The molecule has 1 aromatic rings. The molecule has 0 saturated heterocycles. The van der Waals surface area contributed by atoms with E-state index in [1.165, 1.54) is 12.1 Å². The van der Waals surface area contributed by atoms with Crippen molar-refractivity contribution >= 4 is 44.6 Å². The Bertz CT molecular complexity index is 397. The number of nitro benzene ring substituents is 1. The molecule has 0 amide bonds. The van der Waals surface area contributed by atoms with Crippen molar-refractivity contribution in [2.45, 2.75) is 0 Å². The molecular weight excluding hydrogens is 270 g/mol. The number of hydrogen-bond acceptors (Lipinski definition) is 3. The van der Waals surface area contributed by atoms with E-state index in [1.807, 2.05) is 0 Å². The Kier molecular flexibility index (Phi) is 3.37. The summed E-state index contributed by atoms with van der Waals surface area (Å²) in [6.45, 7) is 0. The van der Waals surface area contributed by atoms with E-state index in [0.717, 1.165) is 0 Å². The first kappa shape index (κ1) is 10.9. The van der Waals surface area contributed by atoms with Crippen molar-refractivity contribution in [3.8, 4) is 0 Å². The lowest BCUT2D eigenvalue weighted by molar-refractivity contribution is -0.384. The van der Waals surface area contributed by atoms with Gasteiger partial charge in [-0.15, -0.1) is 0 Å². The second kappa shape index (κ2) is 4.34. The van der Waals surface area contributed by atoms with E-state index in [9.17, 15) is 10.1 Å². The molecule has 0 radical (unpaired) electrons. The van der Waals surface area contributed by atoms with Crippen molar-refractivity contribution in [1.29, 1.82) is 0 Å². The minimum atomic E-state index is -0.489. The van der Waals surface area contributed by atoms with Gasteiger partial charge >= 0.3 is 0 Å². The van der Waals surface area contributed by atoms with Gasteiger partial charge < -0.3 is 11.1 Å². The molecule has 3 N–H and O–H groups in total. The molecule has 14 heavy (non-hydrogen) atoms. The van der Waals surface area contributed by atoms with Crippen LogP contribution in [0, 0.1) is 10.1 Å². The van der Waals surface area contributed by atoms with E-state index in [2.05, 4.69) is 33.5 Å². The maximum absolute atomic E-state index is 10.4. The Labute approximate surface area is 93.6 Å². The number of hydrogen-bond donors (Lipinski definition) is 2. The molecule has 5 nitrogen and oxygen atoms in total. The second-order valence-electron chi connectivity index (χ2n) is 2.41. The second-order valence-corrected chi connectivity index (χ2v) is 3.70. The van der Waals surface area contributed by atoms with Crippen LogP contribution in [0.2, 0.25) is 0 Å². The van der Waals surface area contributed by atoms with E-state index in [4.69, 9.17) is 5.73 Å². The van der Waals surface area contributed by atoms with Gasteiger partial charge in [-0.2, -0.15) is 0 Å². The molecule has 0 aliphatic rings. The van der Waals surface area contributed by atoms with Crippen LogP contribution in [0.25, 0.3) is 0 Å². The molecule has 0 bridgehead atoms. The van der Waals surface area contributed by atoms with Crippen molar-refractivity contribution in [2.24, 2.45) is 5.73 Å². The minimum Gasteiger partial charge on any atom is -0.376 e. The molecule has 0 unspecified atom stereocenters. The largest absolute Gasteiger partial charge is 0.376 e. The summed E-state index contributed by atoms with van der Waals surface area (Å²) < 4.78 is 0.663. The fourth-order valence-electron chi connectivity index (χ4n) is 0.855. The number of benzene rings is 1. The number of non-ortho nitro benzene ring substituents is 1. The molecule has 74 valence electrons. The number of rotatable bonds is 2. The van der Waals surface area contributed by atoms with Gasteiger partial charge in [0.25, 0.3) is 5.69 Å². The van der Waals surface area contributed by atoms with Gasteiger partial charge in [-0.05, 0) is 34.2 Å². The fourth-order valence-corrected chi connectivity index (χ4v) is 1.31. The highest BCUT2D eigenvalue weighted by atomic mass is 79.9. The molecule has 0 saturated carbocycles. The zero-order chi connectivity index (χ0) is 10.7. The number of nitrogens with zero attached hydrogens (tertiary/aromatic N) is 1. The molecule has 7 heteroatoms. The predicted octanol–water partition coefficient (Wildman–Crippen LogP) is 2.01. The van der Waals surface area contributed by atoms with Crippen LogP contribution in [0.3, 0.4) is 0 Å². The Morgan fingerprint density at radius 2 is 2.29 bits per heavy atom. The lowest BCUT2D eigenvalue weighted by Gasteiger charge is -2.05. The number of nitrogens with one attached hydrogen (secondary N) is 1. The van der Waals surface area contributed by atoms with Gasteiger partial charge in [0.05, 0.1) is 10.6 Å². The summed E-state index contributed by atoms with van der Waals surface area (Å²) >= 11 is 7.83. The van der Waals surface area contributed by atoms with E-state index in [0.29, 0.717) is 10.2 Å². The van der Waals surface area contributed by atoms with Gasteiger partial charge in [-0.3, -0.25) is 10.1 Å². The summed E-state index contributed by atoms with van der Waals surface area (Å²) in [5, 5.41) is 13.1. The zero-order valence-corrected chi connectivity index (χ0v) is 9.26. The highest BCUT2D eigenvalue weighted by molar-refractivity contribution is 9.10. The lowest BCUT2D eigenvalue weighted by atomic mass is 10.3. The number of anilines is 1. The smallest absolute Gasteiger partial charge is 0.271 e. The standard InChI is InChI=1S/C7H6BrN3O2S/c8-5-2-1-4(11(12)13)3-6(5)10-7(9)14/h1-3H,(H3,9,10,14). The number of nitro groups is 1. The maximum Gasteiger partial charge on any atom is 0.271 e. The third kappa shape index (κ3) is 2.64. The number of halogens is 1. The summed E-state index contributed by atoms with van der Waals surface area (Å²) in [6, 6.07) is 4.29. The Morgan fingerprint density at radius 3 is 2.79 bits per heavy atom. The van der Waals surface area contributed by atoms with E-state index in [1.54, 1.807) is 6.07 Å². The molecule has 0 aliphatic carbocycles. The monoisotopic (exact) mass is 275 g/mol. The van der Waals surface area contributed by atoms with Gasteiger partial charge in [-0.1, -0.05) is 0 Å². The predicted molar refractivity (Wildman–Crippen MR) is 61.2 cm³/mol. The van der Waals surface area contributed by atoms with Gasteiger partial charge in [0, 0.05) is 16.6 Å². The summed E-state index contributed by atoms with van der Waals surface area (Å²) in [6.07, 6.45) is 0. The van der Waals surface area contributed by atoms with Crippen LogP contribution in [0.4, 0.5) is 11.4 Å². The molecule has 0 fully saturated rings. The Hall–Kier alpha value is -1.21. The van der Waals surface area contributed by atoms with Crippen LogP contribution in [-0.4, -0.2) is 10.0 Å². The van der Waals surface area contributed by atoms with Crippen LogP contribution >= 0.6 is 28.1 Å². The molecule has 0 aliphatic heterocycles. The Balaban J connectivity index is 3.08. The third-order valence-corrected chi connectivity index (χ3v) is 2.21. The van der Waals surface area contributed by atoms with Crippen molar-refractivity contribution < 1.29 is 4.92 Å². The molecular formula is C7H6BrN3O2S. The van der Waals surface area contributed by atoms with Crippen molar-refractivity contribution in [2.75, 3.05) is 5.32 Å². The van der Waals surface area contributed by atoms with Crippen LogP contribution in [0.5, 0.6) is 0 Å². The first-order chi connectivity index (χ1) is 6.50. The minimum absolute atomic E-state index is 0.0213. The molecule has 0 heterocycles. The molecule has 1 rings (SSSR count). The fraction of sp³-hybridized carbons (Fsp3) is 0. The quantitative estimate of drug-likeness (QED) is 0.490. The molecule has 0 spiro atoms. The van der Waals surface area contributed by atoms with E-state index < -0.39 is 4.92 Å². The number of thiocarbonyl (C=S) groups is 1. The van der Waals surface area contributed by atoms with Crippen LogP contribution in [0.15, 0.2) is 22.7 Å². The summed E-state index contributed by atoms with van der Waals surface area (Å²) in [4.78, 5) is 9.96. The number of nitrogens with two attached hydrogens (primary N) is 1. The SMILES string of the molecule is NC(=S)Nc1cc([N+](=O)[O-])ccc1Br. The third-order valence-electron chi connectivity index (χ3n) is 1.42. The molecule has 1 aromatic carbocycles. The van der Waals surface area contributed by atoms with Gasteiger partial charge in [0.15, 0.2) is 5.11 Å². The van der Waals surface area contributed by atoms with Crippen LogP contribution in [-0.2, 0) is 0 Å². The van der Waals surface area contributed by atoms with E-state index in [-0.39, 0.29) is 10.8 Å². The van der Waals surface area contributed by atoms with Gasteiger partial charge in [-0.25, -0.2) is 0 Å². The van der Waals surface area contributed by atoms with Crippen LogP contribution < -0.4 is 11.1 Å². The van der Waals surface area contributed by atoms with Crippen molar-refractivity contribution in [3.05, 3.63) is 32.8 Å². The van der Waals surface area contributed by atoms with Gasteiger partial charge in [0.1, 0.15) is 0 Å². The zero-order valence-electron chi connectivity index (χ0n) is 6.86. The average Bonchev–Trinajstić information content (AvgIpc) is 2.07. The normalized spacial score (nSPS) is 9.50. The average molecular weight is 276 g/mol. The van der Waals surface area contributed by atoms with Gasteiger partial charge in [0.2, 0.25) is 0 Å². The first-order valence-electron chi connectivity index (χ1n) is 3.51. The maximum atomic E-state index is 10.4. The van der Waals surface area contributed by atoms with Crippen molar-refractivity contribution in [3.63, 3.8) is 0 Å². The Morgan fingerprint density at radius 1 is 1.64 bits per heavy atom. The van der Waals surface area contributed by atoms with Crippen molar-refractivity contribution in [1.82, 2.24) is 0 Å². The summed E-state index contributed by atoms with van der Waals surface area (Å²) in [5.74, 6) is 0. The summed E-state index contributed by atoms with van der Waals surface area (Å²) in [7, 11) is 0. The molecule has 0 atom stereocenters. The summed E-state index contributed by atoms with van der Waals surface area (Å²) in [5.41, 5.74) is 5.71. The topological polar surface area (TPSA) is 81.2 Å².